The van der Waals surface area contributed by atoms with Crippen LogP contribution in [0.3, 0.4) is 0 Å². The summed E-state index contributed by atoms with van der Waals surface area (Å²) < 4.78 is 7.41. The summed E-state index contributed by atoms with van der Waals surface area (Å²) in [6, 6.07) is 13.4. The number of aryl methyl sites for hydroxylation is 1. The number of hydrogen-bond donors (Lipinski definition) is 2. The van der Waals surface area contributed by atoms with E-state index < -0.39 is 11.9 Å². The summed E-state index contributed by atoms with van der Waals surface area (Å²) in [7, 11) is 0. The summed E-state index contributed by atoms with van der Waals surface area (Å²) in [6.07, 6.45) is 1.72. The maximum atomic E-state index is 11.4. The maximum absolute atomic E-state index is 11.4. The van der Waals surface area contributed by atoms with Crippen LogP contribution in [0.1, 0.15) is 44.6 Å². The summed E-state index contributed by atoms with van der Waals surface area (Å²) in [4.78, 5) is 27.4. The molecule has 0 aliphatic rings. The highest BCUT2D eigenvalue weighted by Gasteiger charge is 2.16. The van der Waals surface area contributed by atoms with Crippen molar-refractivity contribution in [3.05, 3.63) is 76.6 Å². The molecule has 7 heteroatoms. The SMILES string of the molecule is CCOc1ccccc1N=Cc1cc(C)n(-c2cc(C(=O)O)cc(C(=O)O)c2)c1C. The number of rotatable bonds is 7. The largest absolute Gasteiger partial charge is 0.492 e. The van der Waals surface area contributed by atoms with Crippen LogP contribution in [0.15, 0.2) is 53.5 Å². The average Bonchev–Trinajstić information content (AvgIpc) is 3.00. The number of ether oxygens (including phenoxy) is 1. The van der Waals surface area contributed by atoms with Gasteiger partial charge < -0.3 is 19.5 Å². The zero-order chi connectivity index (χ0) is 21.8. The van der Waals surface area contributed by atoms with Crippen molar-refractivity contribution in [2.45, 2.75) is 20.8 Å². The number of aromatic nitrogens is 1. The zero-order valence-electron chi connectivity index (χ0n) is 16.9. The summed E-state index contributed by atoms with van der Waals surface area (Å²) in [5.74, 6) is -1.68. The van der Waals surface area contributed by atoms with Crippen LogP contribution < -0.4 is 4.74 Å². The summed E-state index contributed by atoms with van der Waals surface area (Å²) >= 11 is 0. The lowest BCUT2D eigenvalue weighted by molar-refractivity contribution is 0.0696. The molecule has 0 atom stereocenters. The van der Waals surface area contributed by atoms with E-state index in [2.05, 4.69) is 4.99 Å². The van der Waals surface area contributed by atoms with Gasteiger partial charge in [0.1, 0.15) is 11.4 Å². The fourth-order valence-electron chi connectivity index (χ4n) is 3.28. The second-order valence-electron chi connectivity index (χ2n) is 6.70. The Hall–Kier alpha value is -3.87. The normalized spacial score (nSPS) is 11.0. The number of aromatic carboxylic acids is 2. The lowest BCUT2D eigenvalue weighted by Gasteiger charge is -2.12. The molecular weight excluding hydrogens is 384 g/mol. The molecule has 2 N–H and O–H groups in total. The molecule has 1 heterocycles. The molecule has 154 valence electrons. The Labute approximate surface area is 173 Å². The van der Waals surface area contributed by atoms with Gasteiger partial charge in [0.15, 0.2) is 0 Å². The van der Waals surface area contributed by atoms with Gasteiger partial charge in [0.25, 0.3) is 0 Å². The molecule has 0 aliphatic heterocycles. The summed E-state index contributed by atoms with van der Waals surface area (Å²) in [5, 5.41) is 18.7. The van der Waals surface area contributed by atoms with E-state index in [4.69, 9.17) is 4.74 Å². The first-order valence-electron chi connectivity index (χ1n) is 9.38. The number of hydrogen-bond acceptors (Lipinski definition) is 4. The van der Waals surface area contributed by atoms with Gasteiger partial charge in [-0.1, -0.05) is 12.1 Å². The molecule has 3 aromatic rings. The molecular formula is C23H22N2O5. The van der Waals surface area contributed by atoms with Crippen LogP contribution >= 0.6 is 0 Å². The predicted octanol–water partition coefficient (Wildman–Crippen LogP) is 4.64. The molecule has 0 aliphatic carbocycles. The average molecular weight is 406 g/mol. The van der Waals surface area contributed by atoms with Crippen LogP contribution in [0.5, 0.6) is 5.75 Å². The van der Waals surface area contributed by atoms with E-state index in [0.29, 0.717) is 23.7 Å². The minimum atomic E-state index is -1.18. The van der Waals surface area contributed by atoms with E-state index in [9.17, 15) is 19.8 Å². The topological polar surface area (TPSA) is 101 Å². The molecule has 0 radical (unpaired) electrons. The number of para-hydroxylation sites is 2. The van der Waals surface area contributed by atoms with Crippen molar-refractivity contribution in [3.8, 4) is 11.4 Å². The molecule has 2 aromatic carbocycles. The zero-order valence-corrected chi connectivity index (χ0v) is 16.9. The molecule has 0 bridgehead atoms. The first-order chi connectivity index (χ1) is 14.3. The molecule has 0 unspecified atom stereocenters. The Morgan fingerprint density at radius 2 is 1.67 bits per heavy atom. The highest BCUT2D eigenvalue weighted by Crippen LogP contribution is 2.28. The quantitative estimate of drug-likeness (QED) is 0.557. The molecule has 3 rings (SSSR count). The molecule has 0 saturated carbocycles. The van der Waals surface area contributed by atoms with Crippen LogP contribution in [0.25, 0.3) is 5.69 Å². The van der Waals surface area contributed by atoms with Crippen LogP contribution in [-0.4, -0.2) is 39.5 Å². The van der Waals surface area contributed by atoms with Gasteiger partial charge in [0, 0.05) is 28.9 Å². The number of nitrogens with zero attached hydrogens (tertiary/aromatic N) is 2. The minimum absolute atomic E-state index is 0.0849. The number of carbonyl (C=O) groups is 2. The first kappa shape index (κ1) is 20.9. The number of aliphatic imine (C=N–C) groups is 1. The lowest BCUT2D eigenvalue weighted by atomic mass is 10.1. The van der Waals surface area contributed by atoms with Gasteiger partial charge in [-0.15, -0.1) is 0 Å². The highest BCUT2D eigenvalue weighted by molar-refractivity contribution is 5.95. The van der Waals surface area contributed by atoms with E-state index in [1.54, 1.807) is 6.21 Å². The van der Waals surface area contributed by atoms with E-state index in [1.807, 2.05) is 55.7 Å². The van der Waals surface area contributed by atoms with Crippen molar-refractivity contribution in [1.82, 2.24) is 4.57 Å². The smallest absolute Gasteiger partial charge is 0.335 e. The van der Waals surface area contributed by atoms with Gasteiger partial charge in [-0.2, -0.15) is 0 Å². The van der Waals surface area contributed by atoms with Crippen LogP contribution in [0.4, 0.5) is 5.69 Å². The third-order valence-electron chi connectivity index (χ3n) is 4.65. The predicted molar refractivity (Wildman–Crippen MR) is 114 cm³/mol. The van der Waals surface area contributed by atoms with Crippen molar-refractivity contribution >= 4 is 23.8 Å². The van der Waals surface area contributed by atoms with Gasteiger partial charge in [-0.25, -0.2) is 9.59 Å². The second-order valence-corrected chi connectivity index (χ2v) is 6.70. The summed E-state index contributed by atoms with van der Waals surface area (Å²) in [6.45, 7) is 6.18. The Kier molecular flexibility index (Phi) is 6.01. The van der Waals surface area contributed by atoms with E-state index in [0.717, 1.165) is 23.0 Å². The second kappa shape index (κ2) is 8.65. The maximum Gasteiger partial charge on any atom is 0.335 e. The van der Waals surface area contributed by atoms with Crippen molar-refractivity contribution in [1.29, 1.82) is 0 Å². The standard InChI is InChI=1S/C23H22N2O5/c1-4-30-21-8-6-5-7-20(21)24-13-18-9-14(2)25(15(18)3)19-11-16(22(26)27)10-17(12-19)23(28)29/h5-13H,4H2,1-3H3,(H,26,27)(H,28,29). The molecule has 0 saturated heterocycles. The van der Waals surface area contributed by atoms with Gasteiger partial charge in [0.05, 0.1) is 17.7 Å². The molecule has 0 fully saturated rings. The van der Waals surface area contributed by atoms with E-state index in [1.165, 1.54) is 12.1 Å². The molecule has 7 nitrogen and oxygen atoms in total. The van der Waals surface area contributed by atoms with Crippen LogP contribution in [0, 0.1) is 13.8 Å². The third kappa shape index (κ3) is 4.25. The van der Waals surface area contributed by atoms with E-state index >= 15 is 0 Å². The van der Waals surface area contributed by atoms with Crippen molar-refractivity contribution < 1.29 is 24.5 Å². The van der Waals surface area contributed by atoms with Gasteiger partial charge in [0.2, 0.25) is 0 Å². The first-order valence-corrected chi connectivity index (χ1v) is 9.38. The Morgan fingerprint density at radius 1 is 1.03 bits per heavy atom. The third-order valence-corrected chi connectivity index (χ3v) is 4.65. The number of carboxylic acids is 2. The Balaban J connectivity index is 2.05. The van der Waals surface area contributed by atoms with Crippen LogP contribution in [0.2, 0.25) is 0 Å². The Morgan fingerprint density at radius 3 is 2.27 bits per heavy atom. The number of benzene rings is 2. The van der Waals surface area contributed by atoms with Gasteiger partial charge in [-0.05, 0) is 57.2 Å². The summed E-state index contributed by atoms with van der Waals surface area (Å²) in [5.41, 5.74) is 3.46. The highest BCUT2D eigenvalue weighted by atomic mass is 16.5. The lowest BCUT2D eigenvalue weighted by Crippen LogP contribution is -2.07. The molecule has 0 amide bonds. The molecule has 1 aromatic heterocycles. The van der Waals surface area contributed by atoms with Gasteiger partial charge in [-0.3, -0.25) is 4.99 Å². The minimum Gasteiger partial charge on any atom is -0.492 e. The Bertz CT molecular complexity index is 1110. The van der Waals surface area contributed by atoms with Crippen molar-refractivity contribution in [2.24, 2.45) is 4.99 Å². The van der Waals surface area contributed by atoms with Crippen LogP contribution in [-0.2, 0) is 0 Å². The fourth-order valence-corrected chi connectivity index (χ4v) is 3.28. The fraction of sp³-hybridized carbons (Fsp3) is 0.174. The van der Waals surface area contributed by atoms with Crippen molar-refractivity contribution in [2.75, 3.05) is 6.61 Å². The van der Waals surface area contributed by atoms with Crippen molar-refractivity contribution in [3.63, 3.8) is 0 Å². The monoisotopic (exact) mass is 406 g/mol. The molecule has 30 heavy (non-hydrogen) atoms. The van der Waals surface area contributed by atoms with Gasteiger partial charge >= 0.3 is 11.9 Å². The number of carboxylic acid groups (broad SMARTS) is 2. The molecule has 0 spiro atoms. The van der Waals surface area contributed by atoms with E-state index in [-0.39, 0.29) is 11.1 Å².